The largest absolute Gasteiger partial charge is 0.398 e. The summed E-state index contributed by atoms with van der Waals surface area (Å²) in [5.41, 5.74) is 9.74. The third kappa shape index (κ3) is 2.92. The van der Waals surface area contributed by atoms with Crippen molar-refractivity contribution in [2.24, 2.45) is 10.9 Å². The van der Waals surface area contributed by atoms with Crippen molar-refractivity contribution in [1.82, 2.24) is 4.98 Å². The van der Waals surface area contributed by atoms with Gasteiger partial charge in [0.05, 0.1) is 0 Å². The highest BCUT2D eigenvalue weighted by Gasteiger charge is 2.19. The van der Waals surface area contributed by atoms with E-state index >= 15 is 0 Å². The number of oxime groups is 1. The molecule has 0 aromatic carbocycles. The molecule has 9 heteroatoms. The van der Waals surface area contributed by atoms with E-state index in [1.807, 2.05) is 0 Å². The number of hydrogen-bond donors (Lipinski definition) is 3. The van der Waals surface area contributed by atoms with Crippen LogP contribution in [0.1, 0.15) is 0 Å². The number of aromatic nitrogens is 1. The number of anilines is 2. The fraction of sp³-hybridized carbons (Fsp3) is 0.143. The zero-order valence-corrected chi connectivity index (χ0v) is 9.08. The second-order valence-electron chi connectivity index (χ2n) is 2.51. The van der Waals surface area contributed by atoms with Crippen LogP contribution >= 0.6 is 11.3 Å². The van der Waals surface area contributed by atoms with E-state index in [-0.39, 0.29) is 5.82 Å². The molecule has 0 aliphatic heterocycles. The summed E-state index contributed by atoms with van der Waals surface area (Å²) in [6, 6.07) is 0. The van der Waals surface area contributed by atoms with Gasteiger partial charge in [0.25, 0.3) is 11.8 Å². The smallest absolute Gasteiger partial charge is 0.284 e. The molecule has 0 spiro atoms. The van der Waals surface area contributed by atoms with Gasteiger partial charge in [0.15, 0.2) is 5.13 Å². The van der Waals surface area contributed by atoms with Crippen LogP contribution in [0.5, 0.6) is 0 Å². The SMILES string of the molecule is CON=C(C(N)=O)C(=O)Nc1csc(N)n1. The van der Waals surface area contributed by atoms with Gasteiger partial charge in [-0.2, -0.15) is 0 Å². The molecular weight excluding hydrogens is 234 g/mol. The monoisotopic (exact) mass is 243 g/mol. The lowest BCUT2D eigenvalue weighted by atomic mass is 10.3. The van der Waals surface area contributed by atoms with Crippen molar-refractivity contribution < 1.29 is 14.4 Å². The molecule has 0 unspecified atom stereocenters. The summed E-state index contributed by atoms with van der Waals surface area (Å²) in [5, 5.41) is 7.30. The lowest BCUT2D eigenvalue weighted by Crippen LogP contribution is -2.35. The molecular formula is C7H9N5O3S. The van der Waals surface area contributed by atoms with E-state index < -0.39 is 17.5 Å². The number of hydrogen-bond acceptors (Lipinski definition) is 7. The quantitative estimate of drug-likeness (QED) is 0.360. The lowest BCUT2D eigenvalue weighted by Gasteiger charge is -2.01. The Morgan fingerprint density at radius 3 is 2.75 bits per heavy atom. The standard InChI is InChI=1S/C7H9N5O3S/c1-15-12-4(5(8)13)6(14)10-3-2-16-7(9)11-3/h2H,1H3,(H2,8,13)(H2,9,11)(H,10,14). The number of thiazole rings is 1. The van der Waals surface area contributed by atoms with Gasteiger partial charge in [-0.1, -0.05) is 5.16 Å². The Hall–Kier alpha value is -2.16. The second-order valence-corrected chi connectivity index (χ2v) is 3.40. The first-order valence-corrected chi connectivity index (χ1v) is 4.86. The molecule has 16 heavy (non-hydrogen) atoms. The Morgan fingerprint density at radius 2 is 2.31 bits per heavy atom. The molecule has 0 atom stereocenters. The van der Waals surface area contributed by atoms with Crippen LogP contribution in [0.25, 0.3) is 0 Å². The van der Waals surface area contributed by atoms with Crippen LogP contribution in [0.4, 0.5) is 10.9 Å². The average molecular weight is 243 g/mol. The van der Waals surface area contributed by atoms with Gasteiger partial charge < -0.3 is 21.6 Å². The van der Waals surface area contributed by atoms with Crippen molar-refractivity contribution in [3.05, 3.63) is 5.38 Å². The van der Waals surface area contributed by atoms with Crippen molar-refractivity contribution in [2.75, 3.05) is 18.2 Å². The van der Waals surface area contributed by atoms with Crippen LogP contribution < -0.4 is 16.8 Å². The normalized spacial score (nSPS) is 10.9. The Bertz CT molecular complexity index is 441. The Balaban J connectivity index is 2.78. The molecule has 0 aliphatic carbocycles. The van der Waals surface area contributed by atoms with E-state index in [1.165, 1.54) is 12.5 Å². The van der Waals surface area contributed by atoms with Gasteiger partial charge >= 0.3 is 0 Å². The molecule has 0 bridgehead atoms. The van der Waals surface area contributed by atoms with Gasteiger partial charge in [-0.25, -0.2) is 4.98 Å². The van der Waals surface area contributed by atoms with Crippen LogP contribution in [-0.4, -0.2) is 29.6 Å². The van der Waals surface area contributed by atoms with Crippen molar-refractivity contribution in [3.63, 3.8) is 0 Å². The van der Waals surface area contributed by atoms with E-state index in [4.69, 9.17) is 11.5 Å². The van der Waals surface area contributed by atoms with Crippen LogP contribution in [0.3, 0.4) is 0 Å². The minimum absolute atomic E-state index is 0.220. The zero-order valence-electron chi connectivity index (χ0n) is 8.26. The highest BCUT2D eigenvalue weighted by molar-refractivity contribution is 7.13. The molecule has 0 fully saturated rings. The maximum atomic E-state index is 11.5. The van der Waals surface area contributed by atoms with Gasteiger partial charge in [0.1, 0.15) is 12.9 Å². The molecule has 1 aromatic rings. The maximum Gasteiger partial charge on any atom is 0.284 e. The van der Waals surface area contributed by atoms with E-state index in [1.54, 1.807) is 0 Å². The molecule has 1 heterocycles. The van der Waals surface area contributed by atoms with E-state index in [2.05, 4.69) is 20.3 Å². The Morgan fingerprint density at radius 1 is 1.62 bits per heavy atom. The average Bonchev–Trinajstić information content (AvgIpc) is 2.59. The number of nitrogens with one attached hydrogen (secondary N) is 1. The van der Waals surface area contributed by atoms with Crippen molar-refractivity contribution in [2.45, 2.75) is 0 Å². The number of primary amides is 1. The summed E-state index contributed by atoms with van der Waals surface area (Å²) in [6.07, 6.45) is 0. The van der Waals surface area contributed by atoms with E-state index in [0.29, 0.717) is 5.13 Å². The van der Waals surface area contributed by atoms with Gasteiger partial charge in [-0.05, 0) is 0 Å². The zero-order chi connectivity index (χ0) is 12.1. The third-order valence-corrected chi connectivity index (χ3v) is 2.07. The molecule has 0 saturated heterocycles. The Kier molecular flexibility index (Phi) is 3.78. The summed E-state index contributed by atoms with van der Waals surface area (Å²) in [5.74, 6) is -1.58. The summed E-state index contributed by atoms with van der Waals surface area (Å²) >= 11 is 1.14. The van der Waals surface area contributed by atoms with Crippen LogP contribution in [0.15, 0.2) is 10.5 Å². The first-order valence-electron chi connectivity index (χ1n) is 3.98. The minimum Gasteiger partial charge on any atom is -0.398 e. The van der Waals surface area contributed by atoms with Gasteiger partial charge in [0, 0.05) is 5.38 Å². The molecule has 0 aliphatic rings. The maximum absolute atomic E-state index is 11.5. The number of rotatable bonds is 4. The Labute approximate surface area is 94.3 Å². The number of amides is 2. The minimum atomic E-state index is -0.998. The number of nitrogens with two attached hydrogens (primary N) is 2. The number of nitrogen functional groups attached to an aromatic ring is 1. The number of carbonyl (C=O) groups is 2. The molecule has 8 nitrogen and oxygen atoms in total. The molecule has 1 rings (SSSR count). The third-order valence-electron chi connectivity index (χ3n) is 1.39. The van der Waals surface area contributed by atoms with Crippen LogP contribution in [0, 0.1) is 0 Å². The fourth-order valence-corrected chi connectivity index (χ4v) is 1.31. The molecule has 0 saturated carbocycles. The number of carbonyl (C=O) groups excluding carboxylic acids is 2. The first kappa shape index (κ1) is 11.9. The van der Waals surface area contributed by atoms with Crippen LogP contribution in [-0.2, 0) is 14.4 Å². The second kappa shape index (κ2) is 5.07. The molecule has 0 radical (unpaired) electrons. The predicted molar refractivity (Wildman–Crippen MR) is 58.8 cm³/mol. The van der Waals surface area contributed by atoms with Crippen molar-refractivity contribution >= 4 is 39.8 Å². The van der Waals surface area contributed by atoms with Gasteiger partial charge in [-0.15, -0.1) is 11.3 Å². The topological polar surface area (TPSA) is 133 Å². The fourth-order valence-electron chi connectivity index (χ4n) is 0.810. The van der Waals surface area contributed by atoms with E-state index in [9.17, 15) is 9.59 Å². The molecule has 86 valence electrons. The highest BCUT2D eigenvalue weighted by atomic mass is 32.1. The predicted octanol–water partition coefficient (Wildman–Crippen LogP) is -0.848. The van der Waals surface area contributed by atoms with Gasteiger partial charge in [0.2, 0.25) is 5.71 Å². The summed E-state index contributed by atoms with van der Waals surface area (Å²) < 4.78 is 0. The van der Waals surface area contributed by atoms with Crippen molar-refractivity contribution in [3.8, 4) is 0 Å². The van der Waals surface area contributed by atoms with Gasteiger partial charge in [-0.3, -0.25) is 9.59 Å². The molecule has 5 N–H and O–H groups in total. The lowest BCUT2D eigenvalue weighted by molar-refractivity contribution is -0.115. The summed E-state index contributed by atoms with van der Waals surface area (Å²) in [7, 11) is 1.19. The van der Waals surface area contributed by atoms with Crippen LogP contribution in [0.2, 0.25) is 0 Å². The highest BCUT2D eigenvalue weighted by Crippen LogP contribution is 2.15. The van der Waals surface area contributed by atoms with Crippen molar-refractivity contribution in [1.29, 1.82) is 0 Å². The summed E-state index contributed by atoms with van der Waals surface area (Å²) in [4.78, 5) is 30.4. The first-order chi connectivity index (χ1) is 7.54. The number of nitrogens with zero attached hydrogens (tertiary/aromatic N) is 2. The molecule has 1 aromatic heterocycles. The molecule has 2 amide bonds. The summed E-state index contributed by atoms with van der Waals surface area (Å²) in [6.45, 7) is 0. The van der Waals surface area contributed by atoms with E-state index in [0.717, 1.165) is 11.3 Å².